The number of ether oxygens (including phenoxy) is 3. The van der Waals surface area contributed by atoms with Crippen LogP contribution < -0.4 is 16.4 Å². The molecule has 0 radical (unpaired) electrons. The third-order valence-electron chi connectivity index (χ3n) is 3.18. The highest BCUT2D eigenvalue weighted by Crippen LogP contribution is 1.89. The summed E-state index contributed by atoms with van der Waals surface area (Å²) in [6.45, 7) is 4.94. The summed E-state index contributed by atoms with van der Waals surface area (Å²) >= 11 is 0. The Labute approximate surface area is 172 Å². The topological polar surface area (TPSA) is 169 Å². The molecule has 0 fully saturated rings. The molecule has 0 saturated heterocycles. The Hall–Kier alpha value is -1.79. The number of hydrogen-bond acceptors (Lipinski definition) is 8. The first-order chi connectivity index (χ1) is 13.9. The van der Waals surface area contributed by atoms with Gasteiger partial charge in [0, 0.05) is 32.7 Å². The van der Waals surface area contributed by atoms with Crippen molar-refractivity contribution in [2.45, 2.75) is 32.1 Å². The van der Waals surface area contributed by atoms with E-state index in [0.717, 1.165) is 6.42 Å². The molecule has 0 bridgehead atoms. The maximum absolute atomic E-state index is 11.2. The van der Waals surface area contributed by atoms with Crippen LogP contribution in [0.25, 0.3) is 0 Å². The molecule has 0 aromatic carbocycles. The van der Waals surface area contributed by atoms with E-state index in [9.17, 15) is 14.4 Å². The molecule has 0 aromatic rings. The third kappa shape index (κ3) is 31.1. The normalized spacial score (nSPS) is 10.1. The van der Waals surface area contributed by atoms with Crippen molar-refractivity contribution in [2.75, 3.05) is 66.3 Å². The number of amides is 1. The first-order valence-corrected chi connectivity index (χ1v) is 9.72. The molecule has 0 aliphatic carbocycles. The Morgan fingerprint density at radius 3 is 1.72 bits per heavy atom. The Bertz CT molecular complexity index is 411. The zero-order valence-electron chi connectivity index (χ0n) is 17.3. The molecule has 0 spiro atoms. The molecule has 0 heterocycles. The smallest absolute Gasteiger partial charge is 0.304 e. The molecular weight excluding hydrogens is 386 g/mol. The van der Waals surface area contributed by atoms with Crippen molar-refractivity contribution < 1.29 is 38.8 Å². The van der Waals surface area contributed by atoms with Crippen LogP contribution in [0.15, 0.2) is 0 Å². The summed E-state index contributed by atoms with van der Waals surface area (Å²) in [7, 11) is 1.73. The van der Waals surface area contributed by atoms with Crippen molar-refractivity contribution in [3.8, 4) is 0 Å². The second-order valence-corrected chi connectivity index (χ2v) is 5.82. The van der Waals surface area contributed by atoms with Gasteiger partial charge < -0.3 is 40.8 Å². The SMILES string of the molecule is CNCCC(=O)O.NCCCOCCOCCOCCCNC(=O)CCC(=O)O. The lowest BCUT2D eigenvalue weighted by molar-refractivity contribution is -0.139. The maximum atomic E-state index is 11.2. The highest BCUT2D eigenvalue weighted by atomic mass is 16.5. The first kappa shape index (κ1) is 29.4. The van der Waals surface area contributed by atoms with Gasteiger partial charge in [-0.25, -0.2) is 0 Å². The number of carboxylic acids is 2. The van der Waals surface area contributed by atoms with E-state index in [0.29, 0.717) is 65.7 Å². The van der Waals surface area contributed by atoms with E-state index in [-0.39, 0.29) is 25.2 Å². The molecule has 0 aromatic heterocycles. The first-order valence-electron chi connectivity index (χ1n) is 9.72. The van der Waals surface area contributed by atoms with E-state index >= 15 is 0 Å². The summed E-state index contributed by atoms with van der Waals surface area (Å²) < 4.78 is 15.9. The zero-order chi connectivity index (χ0) is 22.2. The summed E-state index contributed by atoms with van der Waals surface area (Å²) in [6.07, 6.45) is 1.61. The molecular formula is C18H37N3O8. The van der Waals surface area contributed by atoms with Crippen LogP contribution >= 0.6 is 0 Å². The van der Waals surface area contributed by atoms with Crippen molar-refractivity contribution >= 4 is 17.8 Å². The monoisotopic (exact) mass is 423 g/mol. The van der Waals surface area contributed by atoms with Gasteiger partial charge >= 0.3 is 11.9 Å². The van der Waals surface area contributed by atoms with Gasteiger partial charge in [0.15, 0.2) is 0 Å². The van der Waals surface area contributed by atoms with Crippen LogP contribution in [0.1, 0.15) is 32.1 Å². The lowest BCUT2D eigenvalue weighted by Crippen LogP contribution is -2.25. The third-order valence-corrected chi connectivity index (χ3v) is 3.18. The Morgan fingerprint density at radius 1 is 0.759 bits per heavy atom. The summed E-state index contributed by atoms with van der Waals surface area (Å²) in [5, 5.41) is 21.8. The highest BCUT2D eigenvalue weighted by molar-refractivity contribution is 5.80. The van der Waals surface area contributed by atoms with Crippen LogP contribution in [0.5, 0.6) is 0 Å². The van der Waals surface area contributed by atoms with E-state index in [4.69, 9.17) is 30.2 Å². The van der Waals surface area contributed by atoms with Crippen molar-refractivity contribution in [3.63, 3.8) is 0 Å². The van der Waals surface area contributed by atoms with Crippen LogP contribution in [0, 0.1) is 0 Å². The number of carbonyl (C=O) groups excluding carboxylic acids is 1. The number of nitrogens with two attached hydrogens (primary N) is 1. The van der Waals surface area contributed by atoms with E-state index in [1.54, 1.807) is 7.05 Å². The molecule has 0 rings (SSSR count). The van der Waals surface area contributed by atoms with Gasteiger partial charge in [-0.1, -0.05) is 0 Å². The number of aliphatic carboxylic acids is 2. The van der Waals surface area contributed by atoms with E-state index in [1.165, 1.54) is 0 Å². The van der Waals surface area contributed by atoms with Gasteiger partial charge in [0.05, 0.1) is 39.3 Å². The molecule has 0 atom stereocenters. The average molecular weight is 424 g/mol. The largest absolute Gasteiger partial charge is 0.481 e. The lowest BCUT2D eigenvalue weighted by Gasteiger charge is -2.07. The fraction of sp³-hybridized carbons (Fsp3) is 0.833. The van der Waals surface area contributed by atoms with Crippen LogP contribution in [-0.2, 0) is 28.6 Å². The molecule has 11 nitrogen and oxygen atoms in total. The van der Waals surface area contributed by atoms with Gasteiger partial charge in [-0.05, 0) is 26.4 Å². The van der Waals surface area contributed by atoms with Crippen molar-refractivity contribution in [2.24, 2.45) is 5.73 Å². The predicted molar refractivity (Wildman–Crippen MR) is 107 cm³/mol. The van der Waals surface area contributed by atoms with Gasteiger partial charge in [0.25, 0.3) is 0 Å². The van der Waals surface area contributed by atoms with E-state index < -0.39 is 11.9 Å². The summed E-state index contributed by atoms with van der Waals surface area (Å²) in [6, 6.07) is 0. The Morgan fingerprint density at radius 2 is 1.28 bits per heavy atom. The molecule has 6 N–H and O–H groups in total. The Kier molecular flexibility index (Phi) is 24.6. The molecule has 11 heteroatoms. The highest BCUT2D eigenvalue weighted by Gasteiger charge is 2.03. The number of nitrogens with one attached hydrogen (secondary N) is 2. The molecule has 172 valence electrons. The van der Waals surface area contributed by atoms with E-state index in [2.05, 4.69) is 10.6 Å². The zero-order valence-corrected chi connectivity index (χ0v) is 17.3. The van der Waals surface area contributed by atoms with Crippen molar-refractivity contribution in [1.82, 2.24) is 10.6 Å². The summed E-state index contributed by atoms with van der Waals surface area (Å²) in [5.74, 6) is -1.97. The van der Waals surface area contributed by atoms with Crippen molar-refractivity contribution in [1.29, 1.82) is 0 Å². The second-order valence-electron chi connectivity index (χ2n) is 5.82. The second kappa shape index (κ2) is 24.2. The summed E-state index contributed by atoms with van der Waals surface area (Å²) in [4.78, 5) is 31.2. The molecule has 0 aliphatic heterocycles. The standard InChI is InChI=1S/C14H28N2O6.C4H9NO2/c15-5-1-7-20-9-11-22-12-10-21-8-2-6-16-13(17)3-4-14(18)19;1-5-3-2-4(6)7/h1-12,15H2,(H,16,17)(H,18,19);5H,2-3H2,1H3,(H,6,7). The summed E-state index contributed by atoms with van der Waals surface area (Å²) in [5.41, 5.74) is 5.33. The molecule has 29 heavy (non-hydrogen) atoms. The number of carboxylic acid groups (broad SMARTS) is 2. The predicted octanol–water partition coefficient (Wildman–Crippen LogP) is -0.563. The van der Waals surface area contributed by atoms with Crippen LogP contribution in [0.3, 0.4) is 0 Å². The minimum absolute atomic E-state index is 0.0113. The van der Waals surface area contributed by atoms with Crippen LogP contribution in [0.2, 0.25) is 0 Å². The quantitative estimate of drug-likeness (QED) is 0.170. The molecule has 0 unspecified atom stereocenters. The average Bonchev–Trinajstić information content (AvgIpc) is 2.68. The number of carbonyl (C=O) groups is 3. The fourth-order valence-electron chi connectivity index (χ4n) is 1.67. The number of rotatable bonds is 19. The van der Waals surface area contributed by atoms with Gasteiger partial charge in [-0.15, -0.1) is 0 Å². The van der Waals surface area contributed by atoms with E-state index in [1.807, 2.05) is 0 Å². The maximum Gasteiger partial charge on any atom is 0.304 e. The van der Waals surface area contributed by atoms with Crippen molar-refractivity contribution in [3.05, 3.63) is 0 Å². The van der Waals surface area contributed by atoms with Gasteiger partial charge in [-0.3, -0.25) is 14.4 Å². The van der Waals surface area contributed by atoms with Crippen LogP contribution in [-0.4, -0.2) is 94.4 Å². The molecule has 1 amide bonds. The minimum atomic E-state index is -0.969. The minimum Gasteiger partial charge on any atom is -0.481 e. The van der Waals surface area contributed by atoms with Gasteiger partial charge in [0.2, 0.25) is 5.91 Å². The molecule has 0 aliphatic rings. The van der Waals surface area contributed by atoms with Gasteiger partial charge in [0.1, 0.15) is 0 Å². The number of hydrogen-bond donors (Lipinski definition) is 5. The lowest BCUT2D eigenvalue weighted by atomic mass is 10.3. The Balaban J connectivity index is 0. The van der Waals surface area contributed by atoms with Gasteiger partial charge in [-0.2, -0.15) is 0 Å². The molecule has 0 saturated carbocycles. The fourth-order valence-corrected chi connectivity index (χ4v) is 1.67. The van der Waals surface area contributed by atoms with Crippen LogP contribution in [0.4, 0.5) is 0 Å².